The lowest BCUT2D eigenvalue weighted by molar-refractivity contribution is 0.296. The van der Waals surface area contributed by atoms with E-state index >= 15 is 0 Å². The molecule has 1 aliphatic heterocycles. The number of fused-ring (bicyclic) bond motifs is 1. The smallest absolute Gasteiger partial charge is 0.179 e. The molecule has 1 N–H and O–H groups in total. The van der Waals surface area contributed by atoms with Crippen LogP contribution in [-0.4, -0.2) is 45.3 Å². The monoisotopic (exact) mass is 284 g/mol. The standard InChI is InChI=1S/C14H21ClN2O2/c1-16-4-5-17(2)10-11-8-12(15)14-13(9-11)18-6-3-7-19-14/h8-9,16H,3-7,10H2,1-2H3. The van der Waals surface area contributed by atoms with Crippen molar-refractivity contribution < 1.29 is 9.47 Å². The molecule has 5 heteroatoms. The predicted octanol–water partition coefficient (Wildman–Crippen LogP) is 2.15. The van der Waals surface area contributed by atoms with Gasteiger partial charge in [0.1, 0.15) is 0 Å². The Morgan fingerprint density at radius 1 is 1.32 bits per heavy atom. The number of nitrogens with one attached hydrogen (secondary N) is 1. The summed E-state index contributed by atoms with van der Waals surface area (Å²) in [6, 6.07) is 3.99. The number of hydrogen-bond acceptors (Lipinski definition) is 4. The van der Waals surface area contributed by atoms with Crippen molar-refractivity contribution in [3.05, 3.63) is 22.7 Å². The molecule has 0 spiro atoms. The van der Waals surface area contributed by atoms with Gasteiger partial charge in [-0.3, -0.25) is 0 Å². The maximum absolute atomic E-state index is 6.27. The third-order valence-corrected chi connectivity index (χ3v) is 3.34. The summed E-state index contributed by atoms with van der Waals surface area (Å²) in [5.41, 5.74) is 1.15. The first kappa shape index (κ1) is 14.4. The summed E-state index contributed by atoms with van der Waals surface area (Å²) in [5, 5.41) is 3.78. The number of benzene rings is 1. The Labute approximate surface area is 119 Å². The van der Waals surface area contributed by atoms with Crippen LogP contribution in [0.25, 0.3) is 0 Å². The third-order valence-electron chi connectivity index (χ3n) is 3.06. The minimum atomic E-state index is 0.636. The molecule has 0 amide bonds. The van der Waals surface area contributed by atoms with Crippen molar-refractivity contribution in [3.8, 4) is 11.5 Å². The van der Waals surface area contributed by atoms with Crippen molar-refractivity contribution in [1.29, 1.82) is 0 Å². The molecule has 0 aliphatic carbocycles. The zero-order valence-electron chi connectivity index (χ0n) is 11.5. The number of nitrogens with zero attached hydrogens (tertiary/aromatic N) is 1. The van der Waals surface area contributed by atoms with Gasteiger partial charge in [-0.25, -0.2) is 0 Å². The SMILES string of the molecule is CNCCN(C)Cc1cc(Cl)c2c(c1)OCCCO2. The topological polar surface area (TPSA) is 33.7 Å². The average Bonchev–Trinajstić information content (AvgIpc) is 2.62. The second-order valence-electron chi connectivity index (χ2n) is 4.80. The highest BCUT2D eigenvalue weighted by molar-refractivity contribution is 6.32. The van der Waals surface area contributed by atoms with Gasteiger partial charge in [0, 0.05) is 26.1 Å². The molecular formula is C14H21ClN2O2. The minimum absolute atomic E-state index is 0.636. The molecule has 0 atom stereocenters. The van der Waals surface area contributed by atoms with Crippen molar-refractivity contribution in [1.82, 2.24) is 10.2 Å². The van der Waals surface area contributed by atoms with Crippen LogP contribution in [-0.2, 0) is 6.54 Å². The first-order valence-electron chi connectivity index (χ1n) is 6.62. The summed E-state index contributed by atoms with van der Waals surface area (Å²) < 4.78 is 11.3. The lowest BCUT2D eigenvalue weighted by Crippen LogP contribution is -2.26. The average molecular weight is 285 g/mol. The first-order chi connectivity index (χ1) is 9.20. The minimum Gasteiger partial charge on any atom is -0.489 e. The van der Waals surface area contributed by atoms with Gasteiger partial charge in [-0.05, 0) is 31.8 Å². The highest BCUT2D eigenvalue weighted by Crippen LogP contribution is 2.38. The summed E-state index contributed by atoms with van der Waals surface area (Å²) in [5.74, 6) is 1.45. The summed E-state index contributed by atoms with van der Waals surface area (Å²) >= 11 is 6.27. The highest BCUT2D eigenvalue weighted by Gasteiger charge is 2.16. The Balaban J connectivity index is 2.10. The Morgan fingerprint density at radius 2 is 2.11 bits per heavy atom. The van der Waals surface area contributed by atoms with Crippen LogP contribution in [0.1, 0.15) is 12.0 Å². The summed E-state index contributed by atoms with van der Waals surface area (Å²) in [6.45, 7) is 4.14. The molecule has 4 nitrogen and oxygen atoms in total. The Bertz CT molecular complexity index is 426. The van der Waals surface area contributed by atoms with E-state index in [9.17, 15) is 0 Å². The van der Waals surface area contributed by atoms with Crippen molar-refractivity contribution >= 4 is 11.6 Å². The van der Waals surface area contributed by atoms with E-state index in [0.29, 0.717) is 24.0 Å². The van der Waals surface area contributed by atoms with Crippen LogP contribution < -0.4 is 14.8 Å². The van der Waals surface area contributed by atoms with E-state index in [1.807, 2.05) is 19.2 Å². The maximum atomic E-state index is 6.27. The lowest BCUT2D eigenvalue weighted by atomic mass is 10.2. The Kier molecular flexibility index (Phi) is 5.31. The summed E-state index contributed by atoms with van der Waals surface area (Å²) in [7, 11) is 4.05. The maximum Gasteiger partial charge on any atom is 0.179 e. The third kappa shape index (κ3) is 4.00. The molecule has 0 fully saturated rings. The highest BCUT2D eigenvalue weighted by atomic mass is 35.5. The molecule has 0 unspecified atom stereocenters. The molecule has 19 heavy (non-hydrogen) atoms. The largest absolute Gasteiger partial charge is 0.489 e. The second kappa shape index (κ2) is 6.98. The molecule has 0 aromatic heterocycles. The van der Waals surface area contributed by atoms with Crippen molar-refractivity contribution in [3.63, 3.8) is 0 Å². The molecule has 1 heterocycles. The number of rotatable bonds is 5. The van der Waals surface area contributed by atoms with Crippen LogP contribution in [0.3, 0.4) is 0 Å². The van der Waals surface area contributed by atoms with Crippen LogP contribution in [0.15, 0.2) is 12.1 Å². The van der Waals surface area contributed by atoms with Crippen molar-refractivity contribution in [2.75, 3.05) is 40.4 Å². The predicted molar refractivity (Wildman–Crippen MR) is 77.3 cm³/mol. The molecular weight excluding hydrogens is 264 g/mol. The van der Waals surface area contributed by atoms with Crippen LogP contribution >= 0.6 is 11.6 Å². The summed E-state index contributed by atoms with van der Waals surface area (Å²) in [4.78, 5) is 2.24. The fourth-order valence-electron chi connectivity index (χ4n) is 2.07. The molecule has 0 radical (unpaired) electrons. The number of ether oxygens (including phenoxy) is 2. The zero-order valence-corrected chi connectivity index (χ0v) is 12.3. The fraction of sp³-hybridized carbons (Fsp3) is 0.571. The molecule has 1 aromatic rings. The molecule has 106 valence electrons. The fourth-order valence-corrected chi connectivity index (χ4v) is 2.36. The van der Waals surface area contributed by atoms with Crippen LogP contribution in [0.5, 0.6) is 11.5 Å². The van der Waals surface area contributed by atoms with Gasteiger partial charge in [0.05, 0.1) is 18.2 Å². The van der Waals surface area contributed by atoms with E-state index in [2.05, 4.69) is 17.3 Å². The quantitative estimate of drug-likeness (QED) is 0.898. The first-order valence-corrected chi connectivity index (χ1v) is 6.99. The van der Waals surface area contributed by atoms with E-state index < -0.39 is 0 Å². The van der Waals surface area contributed by atoms with E-state index in [4.69, 9.17) is 21.1 Å². The molecule has 2 rings (SSSR count). The van der Waals surface area contributed by atoms with Gasteiger partial charge in [0.15, 0.2) is 11.5 Å². The molecule has 0 saturated heterocycles. The van der Waals surface area contributed by atoms with E-state index in [1.54, 1.807) is 0 Å². The number of hydrogen-bond donors (Lipinski definition) is 1. The van der Waals surface area contributed by atoms with Crippen molar-refractivity contribution in [2.24, 2.45) is 0 Å². The molecule has 0 saturated carbocycles. The van der Waals surface area contributed by atoms with Gasteiger partial charge < -0.3 is 19.7 Å². The Morgan fingerprint density at radius 3 is 2.89 bits per heavy atom. The van der Waals surface area contributed by atoms with Gasteiger partial charge in [-0.2, -0.15) is 0 Å². The number of likely N-dealkylation sites (N-methyl/N-ethyl adjacent to an activating group) is 2. The van der Waals surface area contributed by atoms with Crippen LogP contribution in [0.2, 0.25) is 5.02 Å². The normalized spacial score (nSPS) is 14.5. The van der Waals surface area contributed by atoms with Gasteiger partial charge in [0.25, 0.3) is 0 Å². The number of halogens is 1. The zero-order chi connectivity index (χ0) is 13.7. The lowest BCUT2D eigenvalue weighted by Gasteiger charge is -2.18. The van der Waals surface area contributed by atoms with E-state index in [0.717, 1.165) is 37.4 Å². The van der Waals surface area contributed by atoms with Gasteiger partial charge in [-0.15, -0.1) is 0 Å². The van der Waals surface area contributed by atoms with Gasteiger partial charge >= 0.3 is 0 Å². The van der Waals surface area contributed by atoms with Gasteiger partial charge in [-0.1, -0.05) is 11.6 Å². The van der Waals surface area contributed by atoms with Gasteiger partial charge in [0.2, 0.25) is 0 Å². The van der Waals surface area contributed by atoms with E-state index in [1.165, 1.54) is 0 Å². The van der Waals surface area contributed by atoms with Crippen LogP contribution in [0.4, 0.5) is 0 Å². The molecule has 1 aliphatic rings. The Hall–Kier alpha value is -0.970. The second-order valence-corrected chi connectivity index (χ2v) is 5.20. The molecule has 1 aromatic carbocycles. The van der Waals surface area contributed by atoms with Crippen LogP contribution in [0, 0.1) is 0 Å². The summed E-state index contributed by atoms with van der Waals surface area (Å²) in [6.07, 6.45) is 0.891. The van der Waals surface area contributed by atoms with E-state index in [-0.39, 0.29) is 0 Å². The van der Waals surface area contributed by atoms with Crippen molar-refractivity contribution in [2.45, 2.75) is 13.0 Å². The molecule has 0 bridgehead atoms.